The number of anilines is 2. The average molecular weight is 490 g/mol. The van der Waals surface area contributed by atoms with Gasteiger partial charge in [-0.1, -0.05) is 37.3 Å². The highest BCUT2D eigenvalue weighted by atomic mass is 16.5. The Bertz CT molecular complexity index is 1570. The SMILES string of the molecule is CC1=C(Oc2nc(Nc3ccc(C#N)cc3)nc3ccn(C)c23)C(C)CCC(c2ccc(C=O)cc2)=C1. The molecule has 7 heteroatoms. The molecule has 1 unspecified atom stereocenters. The Balaban J connectivity index is 1.50. The number of hydrogen-bond acceptors (Lipinski definition) is 6. The summed E-state index contributed by atoms with van der Waals surface area (Å²) in [4.78, 5) is 20.5. The molecule has 1 N–H and O–H groups in total. The second-order valence-electron chi connectivity index (χ2n) is 9.33. The molecule has 7 nitrogen and oxygen atoms in total. The van der Waals surface area contributed by atoms with E-state index < -0.39 is 0 Å². The maximum absolute atomic E-state index is 11.0. The molecule has 0 bridgehead atoms. The summed E-state index contributed by atoms with van der Waals surface area (Å²) < 4.78 is 8.54. The van der Waals surface area contributed by atoms with Gasteiger partial charge in [-0.15, -0.1) is 0 Å². The molecule has 0 saturated heterocycles. The van der Waals surface area contributed by atoms with Crippen LogP contribution in [0.5, 0.6) is 5.88 Å². The molecule has 0 aliphatic heterocycles. The van der Waals surface area contributed by atoms with Gasteiger partial charge in [0.1, 0.15) is 17.6 Å². The van der Waals surface area contributed by atoms with Crippen molar-refractivity contribution in [2.24, 2.45) is 13.0 Å². The number of hydrogen-bond donors (Lipinski definition) is 1. The van der Waals surface area contributed by atoms with Crippen molar-refractivity contribution in [3.05, 3.63) is 94.9 Å². The molecule has 0 saturated carbocycles. The van der Waals surface area contributed by atoms with Crippen LogP contribution in [0.15, 0.2) is 78.2 Å². The van der Waals surface area contributed by atoms with Crippen molar-refractivity contribution in [1.29, 1.82) is 5.26 Å². The Hall–Kier alpha value is -4.70. The van der Waals surface area contributed by atoms with Crippen LogP contribution in [0.2, 0.25) is 0 Å². The van der Waals surface area contributed by atoms with Crippen LogP contribution < -0.4 is 10.1 Å². The number of nitrogens with zero attached hydrogens (tertiary/aromatic N) is 4. The van der Waals surface area contributed by atoms with Gasteiger partial charge < -0.3 is 14.6 Å². The smallest absolute Gasteiger partial charge is 0.248 e. The molecule has 1 atom stereocenters. The van der Waals surface area contributed by atoms with Gasteiger partial charge in [0.05, 0.1) is 17.1 Å². The van der Waals surface area contributed by atoms with E-state index in [0.717, 1.165) is 52.7 Å². The van der Waals surface area contributed by atoms with Crippen molar-refractivity contribution in [1.82, 2.24) is 14.5 Å². The number of aryl methyl sites for hydroxylation is 1. The van der Waals surface area contributed by atoms with Crippen molar-refractivity contribution < 1.29 is 9.53 Å². The summed E-state index contributed by atoms with van der Waals surface area (Å²) in [5, 5.41) is 12.3. The lowest BCUT2D eigenvalue weighted by molar-refractivity contribution is 0.112. The highest BCUT2D eigenvalue weighted by Crippen LogP contribution is 2.35. The average Bonchev–Trinajstić information content (AvgIpc) is 3.23. The van der Waals surface area contributed by atoms with E-state index in [4.69, 9.17) is 15.0 Å². The van der Waals surface area contributed by atoms with Gasteiger partial charge in [-0.05, 0) is 66.8 Å². The van der Waals surface area contributed by atoms with Crippen LogP contribution in [0, 0.1) is 17.2 Å². The van der Waals surface area contributed by atoms with Crippen LogP contribution >= 0.6 is 0 Å². The van der Waals surface area contributed by atoms with Crippen LogP contribution in [-0.4, -0.2) is 20.8 Å². The Morgan fingerprint density at radius 2 is 1.86 bits per heavy atom. The topological polar surface area (TPSA) is 92.8 Å². The standard InChI is InChI=1S/C30H27N5O2/c1-19-4-9-24(23-10-5-22(18-36)6-11-23)16-20(2)28(19)37-29-27-26(14-15-35(27)3)33-30(34-29)32-25-12-7-21(17-31)8-13-25/h5-8,10-16,18-19H,4,9H2,1-3H3,(H,32,33,34). The molecule has 1 aliphatic carbocycles. The zero-order valence-electron chi connectivity index (χ0n) is 21.0. The van der Waals surface area contributed by atoms with E-state index in [1.165, 1.54) is 5.57 Å². The van der Waals surface area contributed by atoms with Crippen molar-refractivity contribution in [2.45, 2.75) is 26.7 Å². The van der Waals surface area contributed by atoms with Gasteiger partial charge in [0.2, 0.25) is 11.8 Å². The van der Waals surface area contributed by atoms with Crippen LogP contribution in [0.4, 0.5) is 11.6 Å². The normalized spacial score (nSPS) is 15.6. The first kappa shape index (κ1) is 24.0. The van der Waals surface area contributed by atoms with Gasteiger partial charge in [-0.3, -0.25) is 4.79 Å². The number of aromatic nitrogens is 3. The highest BCUT2D eigenvalue weighted by molar-refractivity contribution is 5.82. The molecule has 5 rings (SSSR count). The molecule has 4 aromatic rings. The van der Waals surface area contributed by atoms with Crippen molar-refractivity contribution in [3.8, 4) is 11.9 Å². The lowest BCUT2D eigenvalue weighted by Gasteiger charge is -2.18. The minimum atomic E-state index is 0.184. The van der Waals surface area contributed by atoms with Gasteiger partial charge in [0, 0.05) is 30.4 Å². The van der Waals surface area contributed by atoms with E-state index in [0.29, 0.717) is 23.0 Å². The van der Waals surface area contributed by atoms with Crippen molar-refractivity contribution in [2.75, 3.05) is 5.32 Å². The summed E-state index contributed by atoms with van der Waals surface area (Å²) in [7, 11) is 1.95. The van der Waals surface area contributed by atoms with Crippen LogP contribution in [0.1, 0.15) is 48.2 Å². The quantitative estimate of drug-likeness (QED) is 0.308. The summed E-state index contributed by atoms with van der Waals surface area (Å²) in [6.45, 7) is 4.24. The van der Waals surface area contributed by atoms with Crippen molar-refractivity contribution in [3.63, 3.8) is 0 Å². The molecule has 2 aromatic carbocycles. The summed E-state index contributed by atoms with van der Waals surface area (Å²) in [5.74, 6) is 1.97. The summed E-state index contributed by atoms with van der Waals surface area (Å²) >= 11 is 0. The first-order chi connectivity index (χ1) is 17.9. The highest BCUT2D eigenvalue weighted by Gasteiger charge is 2.22. The molecule has 0 fully saturated rings. The number of carbonyl (C=O) groups is 1. The Kier molecular flexibility index (Phi) is 6.57. The number of carbonyl (C=O) groups excluding carboxylic acids is 1. The summed E-state index contributed by atoms with van der Waals surface area (Å²) in [6, 6.07) is 18.9. The molecular weight excluding hydrogens is 462 g/mol. The number of ether oxygens (including phenoxy) is 1. The fourth-order valence-electron chi connectivity index (χ4n) is 4.62. The fraction of sp³-hybridized carbons (Fsp3) is 0.200. The van der Waals surface area contributed by atoms with Gasteiger partial charge in [0.15, 0.2) is 0 Å². The number of nitriles is 1. The third-order valence-electron chi connectivity index (χ3n) is 6.66. The minimum Gasteiger partial charge on any atom is -0.441 e. The molecule has 184 valence electrons. The monoisotopic (exact) mass is 489 g/mol. The van der Waals surface area contributed by atoms with Gasteiger partial charge >= 0.3 is 0 Å². The fourth-order valence-corrected chi connectivity index (χ4v) is 4.62. The Morgan fingerprint density at radius 1 is 1.11 bits per heavy atom. The summed E-state index contributed by atoms with van der Waals surface area (Å²) in [5.41, 5.74) is 7.00. The van der Waals surface area contributed by atoms with E-state index in [1.807, 2.05) is 60.3 Å². The molecule has 2 aromatic heterocycles. The van der Waals surface area contributed by atoms with Crippen LogP contribution in [0.3, 0.4) is 0 Å². The molecule has 1 aliphatic rings. The van der Waals surface area contributed by atoms with Crippen LogP contribution in [0.25, 0.3) is 16.6 Å². The number of fused-ring (bicyclic) bond motifs is 1. The van der Waals surface area contributed by atoms with E-state index in [-0.39, 0.29) is 5.92 Å². The number of nitrogens with one attached hydrogen (secondary N) is 1. The molecule has 2 heterocycles. The number of benzene rings is 2. The second-order valence-corrected chi connectivity index (χ2v) is 9.33. The number of rotatable bonds is 6. The van der Waals surface area contributed by atoms with E-state index in [1.54, 1.807) is 12.1 Å². The van der Waals surface area contributed by atoms with E-state index in [2.05, 4.69) is 36.3 Å². The van der Waals surface area contributed by atoms with Gasteiger partial charge in [0.25, 0.3) is 0 Å². The molecule has 0 radical (unpaired) electrons. The minimum absolute atomic E-state index is 0.184. The Labute approximate surface area is 215 Å². The maximum atomic E-state index is 11.0. The first-order valence-electron chi connectivity index (χ1n) is 12.2. The molecule has 0 spiro atoms. The largest absolute Gasteiger partial charge is 0.441 e. The third kappa shape index (κ3) is 5.00. The Morgan fingerprint density at radius 3 is 2.57 bits per heavy atom. The zero-order valence-corrected chi connectivity index (χ0v) is 21.0. The second kappa shape index (κ2) is 10.1. The summed E-state index contributed by atoms with van der Waals surface area (Å²) in [6.07, 6.45) is 6.80. The van der Waals surface area contributed by atoms with Gasteiger partial charge in [-0.2, -0.15) is 10.2 Å². The number of allylic oxidation sites excluding steroid dienone is 4. The maximum Gasteiger partial charge on any atom is 0.248 e. The van der Waals surface area contributed by atoms with E-state index >= 15 is 0 Å². The first-order valence-corrected chi connectivity index (χ1v) is 12.2. The zero-order chi connectivity index (χ0) is 25.9. The number of aldehydes is 1. The van der Waals surface area contributed by atoms with Crippen molar-refractivity contribution >= 4 is 34.5 Å². The predicted molar refractivity (Wildman–Crippen MR) is 144 cm³/mol. The van der Waals surface area contributed by atoms with E-state index in [9.17, 15) is 4.79 Å². The van der Waals surface area contributed by atoms with Crippen LogP contribution in [-0.2, 0) is 7.05 Å². The molecule has 37 heavy (non-hydrogen) atoms. The lowest BCUT2D eigenvalue weighted by atomic mass is 9.97. The molecule has 0 amide bonds. The lowest BCUT2D eigenvalue weighted by Crippen LogP contribution is -2.10. The third-order valence-corrected chi connectivity index (χ3v) is 6.66. The molecular formula is C30H27N5O2. The predicted octanol–water partition coefficient (Wildman–Crippen LogP) is 6.56. The van der Waals surface area contributed by atoms with Gasteiger partial charge in [-0.25, -0.2) is 4.98 Å².